The van der Waals surface area contributed by atoms with Gasteiger partial charge >= 0.3 is 0 Å². The monoisotopic (exact) mass is 637 g/mol. The van der Waals surface area contributed by atoms with Crippen molar-refractivity contribution in [3.8, 4) is 0 Å². The van der Waals surface area contributed by atoms with Gasteiger partial charge in [0.15, 0.2) is 0 Å². The van der Waals surface area contributed by atoms with Gasteiger partial charge in [0.05, 0.1) is 10.6 Å². The summed E-state index contributed by atoms with van der Waals surface area (Å²) in [6.45, 7) is 5.40. The highest BCUT2D eigenvalue weighted by Crippen LogP contribution is 2.28. The van der Waals surface area contributed by atoms with Gasteiger partial charge in [-0.15, -0.1) is 0 Å². The maximum atomic E-state index is 14.7. The summed E-state index contributed by atoms with van der Waals surface area (Å²) in [5.74, 6) is -0.677. The molecular formula is C38H43N3O4S. The summed E-state index contributed by atoms with van der Waals surface area (Å²) in [5, 5.41) is 3.22. The van der Waals surface area contributed by atoms with Crippen molar-refractivity contribution in [1.29, 1.82) is 0 Å². The molecule has 0 aliphatic heterocycles. The van der Waals surface area contributed by atoms with Crippen molar-refractivity contribution in [3.05, 3.63) is 131 Å². The highest BCUT2D eigenvalue weighted by molar-refractivity contribution is 7.92. The molecule has 0 heterocycles. The smallest absolute Gasteiger partial charge is 0.264 e. The molecule has 7 nitrogen and oxygen atoms in total. The Morgan fingerprint density at radius 3 is 2.11 bits per heavy atom. The minimum Gasteiger partial charge on any atom is -0.352 e. The highest BCUT2D eigenvalue weighted by Gasteiger charge is 2.36. The van der Waals surface area contributed by atoms with E-state index >= 15 is 0 Å². The zero-order valence-electron chi connectivity index (χ0n) is 26.9. The number of carbonyl (C=O) groups excluding carboxylic acids is 2. The van der Waals surface area contributed by atoms with Gasteiger partial charge in [0.1, 0.15) is 12.6 Å². The molecule has 1 aliphatic rings. The number of para-hydroxylation sites is 1. The van der Waals surface area contributed by atoms with Gasteiger partial charge < -0.3 is 10.2 Å². The Balaban J connectivity index is 1.57. The first-order chi connectivity index (χ1) is 22.1. The van der Waals surface area contributed by atoms with Crippen molar-refractivity contribution in [2.24, 2.45) is 0 Å². The Labute approximate surface area is 273 Å². The number of amides is 2. The molecule has 46 heavy (non-hydrogen) atoms. The van der Waals surface area contributed by atoms with E-state index in [1.54, 1.807) is 41.3 Å². The molecule has 8 heteroatoms. The number of sulfonamides is 1. The lowest BCUT2D eigenvalue weighted by Gasteiger charge is -2.34. The van der Waals surface area contributed by atoms with Crippen molar-refractivity contribution in [3.63, 3.8) is 0 Å². The van der Waals surface area contributed by atoms with E-state index in [-0.39, 0.29) is 23.4 Å². The molecule has 4 aromatic carbocycles. The maximum Gasteiger partial charge on any atom is 0.264 e. The fourth-order valence-corrected chi connectivity index (χ4v) is 7.60. The fraction of sp³-hybridized carbons (Fsp3) is 0.316. The van der Waals surface area contributed by atoms with Crippen LogP contribution < -0.4 is 9.62 Å². The van der Waals surface area contributed by atoms with Gasteiger partial charge in [-0.05, 0) is 68.5 Å². The van der Waals surface area contributed by atoms with Crippen LogP contribution in [0.3, 0.4) is 0 Å². The number of hydrogen-bond donors (Lipinski definition) is 1. The SMILES string of the molecule is Cc1ccc(S(=O)(=O)N(CC(=O)N(Cc2cccc(C)c2)[C@@H](Cc2ccccc2)C(=O)NC2CCCC2)c2ccccc2C)cc1. The van der Waals surface area contributed by atoms with E-state index in [9.17, 15) is 18.0 Å². The molecule has 240 valence electrons. The van der Waals surface area contributed by atoms with Crippen LogP contribution in [0.2, 0.25) is 0 Å². The summed E-state index contributed by atoms with van der Waals surface area (Å²) in [4.78, 5) is 30.5. The summed E-state index contributed by atoms with van der Waals surface area (Å²) >= 11 is 0. The normalized spacial score (nSPS) is 14.1. The number of anilines is 1. The van der Waals surface area contributed by atoms with Gasteiger partial charge in [0.2, 0.25) is 11.8 Å². The molecule has 1 fully saturated rings. The zero-order chi connectivity index (χ0) is 32.7. The van der Waals surface area contributed by atoms with Crippen LogP contribution in [0.5, 0.6) is 0 Å². The van der Waals surface area contributed by atoms with Crippen LogP contribution >= 0.6 is 0 Å². The number of rotatable bonds is 12. The summed E-state index contributed by atoms with van der Waals surface area (Å²) < 4.78 is 29.7. The number of aryl methyl sites for hydroxylation is 3. The third kappa shape index (κ3) is 8.04. The predicted molar refractivity (Wildman–Crippen MR) is 183 cm³/mol. The third-order valence-electron chi connectivity index (χ3n) is 8.68. The molecule has 0 radical (unpaired) electrons. The average Bonchev–Trinajstić information content (AvgIpc) is 3.55. The second kappa shape index (κ2) is 14.8. The van der Waals surface area contributed by atoms with E-state index in [0.29, 0.717) is 12.1 Å². The highest BCUT2D eigenvalue weighted by atomic mass is 32.2. The molecule has 0 aromatic heterocycles. The van der Waals surface area contributed by atoms with Crippen LogP contribution in [-0.2, 0) is 32.6 Å². The molecule has 0 bridgehead atoms. The second-order valence-electron chi connectivity index (χ2n) is 12.3. The van der Waals surface area contributed by atoms with Gasteiger partial charge in [-0.1, -0.05) is 109 Å². The van der Waals surface area contributed by atoms with Gasteiger partial charge in [0, 0.05) is 19.0 Å². The van der Waals surface area contributed by atoms with Crippen molar-refractivity contribution in [1.82, 2.24) is 10.2 Å². The molecule has 0 saturated heterocycles. The van der Waals surface area contributed by atoms with E-state index in [0.717, 1.165) is 53.5 Å². The Bertz CT molecular complexity index is 1750. The standard InChI is InChI=1S/C38H43N3O4S/c1-28-20-22-34(23-21-28)46(44,45)41(35-19-10-7-13-30(35)3)27-37(42)40(26-32-16-11-12-29(2)24-32)36(25-31-14-5-4-6-15-31)38(43)39-33-17-8-9-18-33/h4-7,10-16,19-24,33,36H,8-9,17-18,25-27H2,1-3H3,(H,39,43)/t36-/m0/s1. The Kier molecular flexibility index (Phi) is 10.6. The van der Waals surface area contributed by atoms with E-state index in [1.807, 2.05) is 87.5 Å². The van der Waals surface area contributed by atoms with Crippen LogP contribution in [-0.4, -0.2) is 43.8 Å². The maximum absolute atomic E-state index is 14.7. The van der Waals surface area contributed by atoms with Gasteiger partial charge in [-0.25, -0.2) is 8.42 Å². The Morgan fingerprint density at radius 1 is 0.783 bits per heavy atom. The number of benzene rings is 4. The zero-order valence-corrected chi connectivity index (χ0v) is 27.7. The van der Waals surface area contributed by atoms with Crippen LogP contribution in [0.1, 0.15) is 53.5 Å². The molecule has 1 aliphatic carbocycles. The number of hydrogen-bond acceptors (Lipinski definition) is 4. The summed E-state index contributed by atoms with van der Waals surface area (Å²) in [6.07, 6.45) is 4.23. The second-order valence-corrected chi connectivity index (χ2v) is 14.2. The van der Waals surface area contributed by atoms with E-state index in [1.165, 1.54) is 4.31 Å². The molecule has 1 saturated carbocycles. The first kappa shape index (κ1) is 32.9. The van der Waals surface area contributed by atoms with Gasteiger partial charge in [0.25, 0.3) is 10.0 Å². The molecule has 5 rings (SSSR count). The molecule has 0 unspecified atom stereocenters. The first-order valence-corrected chi connectivity index (χ1v) is 17.4. The van der Waals surface area contributed by atoms with Crippen LogP contribution in [0.25, 0.3) is 0 Å². The first-order valence-electron chi connectivity index (χ1n) is 16.0. The number of nitrogens with one attached hydrogen (secondary N) is 1. The van der Waals surface area contributed by atoms with E-state index in [4.69, 9.17) is 0 Å². The largest absolute Gasteiger partial charge is 0.352 e. The molecule has 1 atom stereocenters. The lowest BCUT2D eigenvalue weighted by Crippen LogP contribution is -2.54. The van der Waals surface area contributed by atoms with Gasteiger partial charge in [-0.2, -0.15) is 0 Å². The van der Waals surface area contributed by atoms with Crippen molar-refractivity contribution in [2.75, 3.05) is 10.8 Å². The molecule has 4 aromatic rings. The topological polar surface area (TPSA) is 86.8 Å². The van der Waals surface area contributed by atoms with E-state index < -0.39 is 28.5 Å². The number of nitrogens with zero attached hydrogens (tertiary/aromatic N) is 2. The van der Waals surface area contributed by atoms with Crippen LogP contribution in [0, 0.1) is 20.8 Å². The molecule has 0 spiro atoms. The molecule has 1 N–H and O–H groups in total. The summed E-state index contributed by atoms with van der Waals surface area (Å²) in [5.41, 5.74) is 4.88. The summed E-state index contributed by atoms with van der Waals surface area (Å²) in [6, 6.07) is 30.5. The lowest BCUT2D eigenvalue weighted by atomic mass is 10.0. The minimum absolute atomic E-state index is 0.0621. The molecular weight excluding hydrogens is 595 g/mol. The average molecular weight is 638 g/mol. The van der Waals surface area contributed by atoms with Crippen LogP contribution in [0.4, 0.5) is 5.69 Å². The van der Waals surface area contributed by atoms with Gasteiger partial charge in [-0.3, -0.25) is 13.9 Å². The minimum atomic E-state index is -4.14. The predicted octanol–water partition coefficient (Wildman–Crippen LogP) is 6.51. The quantitative estimate of drug-likeness (QED) is 0.192. The molecule has 2 amide bonds. The van der Waals surface area contributed by atoms with E-state index in [2.05, 4.69) is 5.32 Å². The van der Waals surface area contributed by atoms with Crippen LogP contribution in [0.15, 0.2) is 108 Å². The third-order valence-corrected chi connectivity index (χ3v) is 10.5. The fourth-order valence-electron chi connectivity index (χ4n) is 6.12. The lowest BCUT2D eigenvalue weighted by molar-refractivity contribution is -0.140. The Hall–Kier alpha value is -4.43. The van der Waals surface area contributed by atoms with Crippen molar-refractivity contribution >= 4 is 27.5 Å². The summed E-state index contributed by atoms with van der Waals surface area (Å²) in [7, 11) is -4.14. The Morgan fingerprint density at radius 2 is 1.43 bits per heavy atom. The van der Waals surface area contributed by atoms with Crippen molar-refractivity contribution < 1.29 is 18.0 Å². The number of carbonyl (C=O) groups is 2. The van der Waals surface area contributed by atoms with Crippen molar-refractivity contribution in [2.45, 2.75) is 76.4 Å².